The molecule has 33 heavy (non-hydrogen) atoms. The number of halogens is 1. The minimum absolute atomic E-state index is 0.200. The molecule has 6 nitrogen and oxygen atoms in total. The molecule has 8 heteroatoms. The molecule has 1 amide bonds. The second-order valence-electron chi connectivity index (χ2n) is 8.13. The Kier molecular flexibility index (Phi) is 5.38. The number of para-hydroxylation sites is 1. The average molecular weight is 480 g/mol. The minimum Gasteiger partial charge on any atom is -0.497 e. The van der Waals surface area contributed by atoms with Crippen molar-refractivity contribution in [2.24, 2.45) is 5.92 Å². The van der Waals surface area contributed by atoms with Crippen molar-refractivity contribution in [3.05, 3.63) is 83.4 Å². The third kappa shape index (κ3) is 3.67. The van der Waals surface area contributed by atoms with Gasteiger partial charge in [0.2, 0.25) is 5.91 Å². The number of anilines is 2. The van der Waals surface area contributed by atoms with E-state index in [4.69, 9.17) is 33.3 Å². The molecule has 0 saturated carbocycles. The van der Waals surface area contributed by atoms with Crippen LogP contribution in [0.15, 0.2) is 72.8 Å². The Bertz CT molecular complexity index is 1220. The molecule has 3 aromatic carbocycles. The first-order valence-corrected chi connectivity index (χ1v) is 11.3. The van der Waals surface area contributed by atoms with Crippen LogP contribution in [0.5, 0.6) is 11.5 Å². The molecular formula is C25H22ClN3O3S. The van der Waals surface area contributed by atoms with Crippen LogP contribution >= 0.6 is 23.8 Å². The van der Waals surface area contributed by atoms with Crippen LogP contribution in [0, 0.1) is 5.92 Å². The van der Waals surface area contributed by atoms with Gasteiger partial charge in [0, 0.05) is 22.0 Å². The topological polar surface area (TPSA) is 62.8 Å². The van der Waals surface area contributed by atoms with Gasteiger partial charge in [-0.2, -0.15) is 0 Å². The number of ether oxygens (including phenoxy) is 2. The first kappa shape index (κ1) is 21.6. The molecule has 3 atom stereocenters. The van der Waals surface area contributed by atoms with Gasteiger partial charge in [-0.05, 0) is 73.7 Å². The Balaban J connectivity index is 1.59. The van der Waals surface area contributed by atoms with E-state index in [0.717, 1.165) is 11.3 Å². The third-order valence-corrected chi connectivity index (χ3v) is 6.65. The number of nitrogens with one attached hydrogen (secondary N) is 2. The zero-order valence-corrected chi connectivity index (χ0v) is 19.6. The fraction of sp³-hybridized carbons (Fsp3) is 0.200. The molecule has 0 radical (unpaired) electrons. The number of thiocarbonyl (C=S) groups is 1. The molecule has 2 aliphatic heterocycles. The van der Waals surface area contributed by atoms with Gasteiger partial charge in [-0.3, -0.25) is 9.69 Å². The Morgan fingerprint density at radius 1 is 1.15 bits per heavy atom. The second-order valence-corrected chi connectivity index (χ2v) is 8.96. The number of rotatable bonds is 4. The number of fused-ring (bicyclic) bond motifs is 4. The molecule has 0 aromatic heterocycles. The van der Waals surface area contributed by atoms with E-state index in [2.05, 4.69) is 10.6 Å². The van der Waals surface area contributed by atoms with Crippen LogP contribution in [0.1, 0.15) is 18.5 Å². The lowest BCUT2D eigenvalue weighted by Gasteiger charge is -2.56. The van der Waals surface area contributed by atoms with E-state index < -0.39 is 17.7 Å². The van der Waals surface area contributed by atoms with Crippen molar-refractivity contribution in [1.29, 1.82) is 0 Å². The molecule has 1 fully saturated rings. The Morgan fingerprint density at radius 3 is 2.58 bits per heavy atom. The Morgan fingerprint density at radius 2 is 1.88 bits per heavy atom. The summed E-state index contributed by atoms with van der Waals surface area (Å²) in [6.07, 6.45) is 0. The van der Waals surface area contributed by atoms with Gasteiger partial charge in [0.25, 0.3) is 0 Å². The van der Waals surface area contributed by atoms with Gasteiger partial charge in [0.15, 0.2) is 10.8 Å². The van der Waals surface area contributed by atoms with Crippen LogP contribution in [0.2, 0.25) is 5.02 Å². The molecule has 2 N–H and O–H groups in total. The van der Waals surface area contributed by atoms with Crippen molar-refractivity contribution in [3.63, 3.8) is 0 Å². The molecule has 2 heterocycles. The van der Waals surface area contributed by atoms with Crippen molar-refractivity contribution in [1.82, 2.24) is 5.32 Å². The number of hydrogen-bond acceptors (Lipinski definition) is 4. The number of nitrogens with zero attached hydrogens (tertiary/aromatic N) is 1. The normalized spacial score (nSPS) is 23.1. The summed E-state index contributed by atoms with van der Waals surface area (Å²) >= 11 is 12.0. The van der Waals surface area contributed by atoms with Crippen molar-refractivity contribution in [2.45, 2.75) is 18.7 Å². The number of carbonyl (C=O) groups excluding carboxylic acids is 1. The lowest BCUT2D eigenvalue weighted by Crippen LogP contribution is -2.72. The molecule has 168 valence electrons. The minimum atomic E-state index is -1.08. The summed E-state index contributed by atoms with van der Waals surface area (Å²) in [5.41, 5.74) is 1.21. The molecule has 1 saturated heterocycles. The summed E-state index contributed by atoms with van der Waals surface area (Å²) in [5.74, 6) is 0.534. The molecule has 2 aliphatic rings. The summed E-state index contributed by atoms with van der Waals surface area (Å²) in [5, 5.41) is 7.45. The highest BCUT2D eigenvalue weighted by molar-refractivity contribution is 7.80. The lowest BCUT2D eigenvalue weighted by molar-refractivity contribution is -0.130. The quantitative estimate of drug-likeness (QED) is 0.505. The van der Waals surface area contributed by atoms with Crippen molar-refractivity contribution in [2.75, 3.05) is 17.3 Å². The van der Waals surface area contributed by atoms with Gasteiger partial charge in [-0.1, -0.05) is 29.8 Å². The van der Waals surface area contributed by atoms with Gasteiger partial charge >= 0.3 is 0 Å². The fourth-order valence-electron chi connectivity index (χ4n) is 4.61. The molecule has 0 aliphatic carbocycles. The highest BCUT2D eigenvalue weighted by Crippen LogP contribution is 2.50. The van der Waals surface area contributed by atoms with Gasteiger partial charge in [0.1, 0.15) is 17.4 Å². The fourth-order valence-corrected chi connectivity index (χ4v) is 5.21. The third-order valence-electron chi connectivity index (χ3n) is 6.11. The average Bonchev–Trinajstić information content (AvgIpc) is 2.80. The Labute approximate surface area is 202 Å². The maximum absolute atomic E-state index is 13.8. The summed E-state index contributed by atoms with van der Waals surface area (Å²) in [4.78, 5) is 15.6. The molecule has 3 aromatic rings. The standard InChI is InChI=1S/C25H22ClN3O3S/c1-25-21(23(30)27-16-9-11-18(31-2)12-10-16)22(19-14-15(26)8-13-20(19)32-25)28-24(33)29(25)17-6-4-3-5-7-17/h3-14,21-22H,1-2H3,(H,27,30)(H,28,33)/t21-,22+,25+/m0/s1. The van der Waals surface area contributed by atoms with Gasteiger partial charge in [-0.25, -0.2) is 0 Å². The van der Waals surface area contributed by atoms with E-state index in [9.17, 15) is 4.79 Å². The maximum atomic E-state index is 13.8. The number of methoxy groups -OCH3 is 1. The summed E-state index contributed by atoms with van der Waals surface area (Å²) in [7, 11) is 1.60. The first-order chi connectivity index (χ1) is 15.9. The first-order valence-electron chi connectivity index (χ1n) is 10.5. The second kappa shape index (κ2) is 8.24. The monoisotopic (exact) mass is 479 g/mol. The van der Waals surface area contributed by atoms with E-state index in [-0.39, 0.29) is 5.91 Å². The van der Waals surface area contributed by atoms with Gasteiger partial charge in [-0.15, -0.1) is 0 Å². The van der Waals surface area contributed by atoms with E-state index in [0.29, 0.717) is 27.3 Å². The summed E-state index contributed by atoms with van der Waals surface area (Å²) < 4.78 is 11.8. The zero-order chi connectivity index (χ0) is 23.2. The molecular weight excluding hydrogens is 458 g/mol. The number of amides is 1. The predicted octanol–water partition coefficient (Wildman–Crippen LogP) is 5.15. The Hall–Kier alpha value is -3.29. The maximum Gasteiger partial charge on any atom is 0.236 e. The highest BCUT2D eigenvalue weighted by atomic mass is 35.5. The molecule has 2 bridgehead atoms. The molecule has 0 unspecified atom stereocenters. The van der Waals surface area contributed by atoms with E-state index in [1.807, 2.05) is 54.3 Å². The van der Waals surface area contributed by atoms with E-state index in [1.54, 1.807) is 37.4 Å². The van der Waals surface area contributed by atoms with Crippen LogP contribution in [-0.4, -0.2) is 23.9 Å². The summed E-state index contributed by atoms with van der Waals surface area (Å²) in [6.45, 7) is 1.90. The van der Waals surface area contributed by atoms with Crippen LogP contribution < -0.4 is 25.0 Å². The van der Waals surface area contributed by atoms with Gasteiger partial charge in [0.05, 0.1) is 13.2 Å². The van der Waals surface area contributed by atoms with Crippen molar-refractivity contribution < 1.29 is 14.3 Å². The van der Waals surface area contributed by atoms with Gasteiger partial charge < -0.3 is 20.1 Å². The van der Waals surface area contributed by atoms with E-state index in [1.165, 1.54) is 0 Å². The highest BCUT2D eigenvalue weighted by Gasteiger charge is 2.59. The van der Waals surface area contributed by atoms with Crippen LogP contribution in [-0.2, 0) is 4.79 Å². The van der Waals surface area contributed by atoms with Crippen LogP contribution in [0.25, 0.3) is 0 Å². The van der Waals surface area contributed by atoms with Crippen molar-refractivity contribution >= 4 is 46.2 Å². The number of hydrogen-bond donors (Lipinski definition) is 2. The van der Waals surface area contributed by atoms with E-state index >= 15 is 0 Å². The number of benzene rings is 3. The molecule has 0 spiro atoms. The zero-order valence-electron chi connectivity index (χ0n) is 18.0. The van der Waals surface area contributed by atoms with Crippen molar-refractivity contribution in [3.8, 4) is 11.5 Å². The van der Waals surface area contributed by atoms with Crippen LogP contribution in [0.3, 0.4) is 0 Å². The van der Waals surface area contributed by atoms with Crippen LogP contribution in [0.4, 0.5) is 11.4 Å². The smallest absolute Gasteiger partial charge is 0.236 e. The summed E-state index contributed by atoms with van der Waals surface area (Å²) in [6, 6.07) is 21.9. The lowest BCUT2D eigenvalue weighted by atomic mass is 9.78. The molecule has 5 rings (SSSR count). The number of carbonyl (C=O) groups is 1. The predicted molar refractivity (Wildman–Crippen MR) is 133 cm³/mol. The SMILES string of the molecule is COc1ccc(NC(=O)[C@@H]2[C@@H]3NC(=S)N(c4ccccc4)[C@]2(C)Oc2ccc(Cl)cc23)cc1. The largest absolute Gasteiger partial charge is 0.497 e.